The van der Waals surface area contributed by atoms with Crippen LogP contribution >= 0.6 is 0 Å². The van der Waals surface area contributed by atoms with Crippen molar-refractivity contribution >= 4 is 11.5 Å². The van der Waals surface area contributed by atoms with E-state index in [1.165, 1.54) is 0 Å². The number of anilines is 1. The van der Waals surface area contributed by atoms with Gasteiger partial charge < -0.3 is 10.1 Å². The Morgan fingerprint density at radius 1 is 1.47 bits per heavy atom. The van der Waals surface area contributed by atoms with Crippen molar-refractivity contribution in [1.82, 2.24) is 9.97 Å². The van der Waals surface area contributed by atoms with Crippen LogP contribution in [0.15, 0.2) is 0 Å². The standard InChI is InChI=1S/C12H18N4O3/c1-3-4-7-19-12-9(16(17)18)11(13-2)14-10(15-12)8-5-6-8/h8H,3-7H2,1-2H3,(H,13,14,15). The smallest absolute Gasteiger partial charge is 0.372 e. The van der Waals surface area contributed by atoms with E-state index in [0.29, 0.717) is 18.3 Å². The molecule has 0 unspecified atom stereocenters. The third-order valence-corrected chi connectivity index (χ3v) is 2.97. The average Bonchev–Trinajstić information content (AvgIpc) is 3.22. The quantitative estimate of drug-likeness (QED) is 0.463. The molecular weight excluding hydrogens is 248 g/mol. The summed E-state index contributed by atoms with van der Waals surface area (Å²) in [5.74, 6) is 1.27. The third-order valence-electron chi connectivity index (χ3n) is 2.97. The minimum atomic E-state index is -0.496. The van der Waals surface area contributed by atoms with Crippen molar-refractivity contribution in [2.75, 3.05) is 19.0 Å². The summed E-state index contributed by atoms with van der Waals surface area (Å²) in [7, 11) is 1.61. The summed E-state index contributed by atoms with van der Waals surface area (Å²) >= 11 is 0. The van der Waals surface area contributed by atoms with Gasteiger partial charge in [-0.15, -0.1) is 0 Å². The lowest BCUT2D eigenvalue weighted by molar-refractivity contribution is -0.385. The van der Waals surface area contributed by atoms with Crippen LogP contribution in [0, 0.1) is 10.1 Å². The molecule has 1 N–H and O–H groups in total. The van der Waals surface area contributed by atoms with Gasteiger partial charge in [0.15, 0.2) is 0 Å². The van der Waals surface area contributed by atoms with Crippen LogP contribution in [0.5, 0.6) is 5.88 Å². The molecule has 0 spiro atoms. The summed E-state index contributed by atoms with van der Waals surface area (Å²) in [4.78, 5) is 19.1. The molecule has 0 amide bonds. The molecule has 1 fully saturated rings. The molecule has 19 heavy (non-hydrogen) atoms. The molecule has 0 aliphatic heterocycles. The normalized spacial score (nSPS) is 14.2. The number of hydrogen-bond donors (Lipinski definition) is 1. The maximum Gasteiger partial charge on any atom is 0.372 e. The van der Waals surface area contributed by atoms with E-state index < -0.39 is 4.92 Å². The van der Waals surface area contributed by atoms with E-state index in [2.05, 4.69) is 15.3 Å². The Bertz CT molecular complexity index is 474. The molecule has 1 aromatic heterocycles. The molecule has 7 nitrogen and oxygen atoms in total. The van der Waals surface area contributed by atoms with Gasteiger partial charge in [0, 0.05) is 13.0 Å². The van der Waals surface area contributed by atoms with E-state index in [1.54, 1.807) is 7.05 Å². The summed E-state index contributed by atoms with van der Waals surface area (Å²) in [5.41, 5.74) is -0.178. The van der Waals surface area contributed by atoms with Crippen molar-refractivity contribution in [3.63, 3.8) is 0 Å². The Balaban J connectivity index is 2.34. The van der Waals surface area contributed by atoms with Crippen molar-refractivity contribution in [2.45, 2.75) is 38.5 Å². The first-order valence-corrected chi connectivity index (χ1v) is 6.54. The second kappa shape index (κ2) is 5.81. The number of nitro groups is 1. The molecule has 1 aromatic rings. The maximum atomic E-state index is 11.1. The van der Waals surface area contributed by atoms with E-state index in [0.717, 1.165) is 25.7 Å². The average molecular weight is 266 g/mol. The van der Waals surface area contributed by atoms with Gasteiger partial charge in [-0.3, -0.25) is 10.1 Å². The second-order valence-corrected chi connectivity index (χ2v) is 4.57. The van der Waals surface area contributed by atoms with Crippen LogP contribution in [0.4, 0.5) is 11.5 Å². The minimum absolute atomic E-state index is 0.0831. The zero-order chi connectivity index (χ0) is 13.8. The van der Waals surface area contributed by atoms with Crippen molar-refractivity contribution in [3.8, 4) is 5.88 Å². The van der Waals surface area contributed by atoms with Gasteiger partial charge in [-0.25, -0.2) is 4.98 Å². The molecule has 1 heterocycles. The molecule has 0 aromatic carbocycles. The second-order valence-electron chi connectivity index (χ2n) is 4.57. The van der Waals surface area contributed by atoms with Gasteiger partial charge in [0.2, 0.25) is 5.82 Å². The Morgan fingerprint density at radius 2 is 2.21 bits per heavy atom. The lowest BCUT2D eigenvalue weighted by Gasteiger charge is -2.09. The molecule has 1 aliphatic rings. The summed E-state index contributed by atoms with van der Waals surface area (Å²) in [5, 5.41) is 13.9. The molecule has 0 atom stereocenters. The molecule has 2 rings (SSSR count). The van der Waals surface area contributed by atoms with Gasteiger partial charge in [0.05, 0.1) is 11.5 Å². The molecular formula is C12H18N4O3. The highest BCUT2D eigenvalue weighted by molar-refractivity contribution is 5.61. The highest BCUT2D eigenvalue weighted by atomic mass is 16.6. The summed E-state index contributed by atoms with van der Waals surface area (Å²) in [6.07, 6.45) is 3.88. The number of rotatable bonds is 7. The van der Waals surface area contributed by atoms with Crippen molar-refractivity contribution in [1.29, 1.82) is 0 Å². The van der Waals surface area contributed by atoms with E-state index >= 15 is 0 Å². The van der Waals surface area contributed by atoms with Gasteiger partial charge >= 0.3 is 5.69 Å². The first kappa shape index (κ1) is 13.5. The Labute approximate surface area is 111 Å². The largest absolute Gasteiger partial charge is 0.473 e. The first-order valence-electron chi connectivity index (χ1n) is 6.54. The Morgan fingerprint density at radius 3 is 2.74 bits per heavy atom. The summed E-state index contributed by atoms with van der Waals surface area (Å²) < 4.78 is 5.47. The van der Waals surface area contributed by atoms with Crippen LogP contribution in [-0.2, 0) is 0 Å². The number of aromatic nitrogens is 2. The van der Waals surface area contributed by atoms with Crippen LogP contribution in [0.3, 0.4) is 0 Å². The van der Waals surface area contributed by atoms with Gasteiger partial charge in [-0.2, -0.15) is 4.98 Å². The van der Waals surface area contributed by atoms with Crippen LogP contribution in [0.25, 0.3) is 0 Å². The molecule has 1 saturated carbocycles. The van der Waals surface area contributed by atoms with E-state index in [9.17, 15) is 10.1 Å². The predicted octanol–water partition coefficient (Wildman–Crippen LogP) is 2.48. The molecule has 104 valence electrons. The number of hydrogen-bond acceptors (Lipinski definition) is 6. The zero-order valence-electron chi connectivity index (χ0n) is 11.2. The van der Waals surface area contributed by atoms with Gasteiger partial charge in [-0.1, -0.05) is 13.3 Å². The van der Waals surface area contributed by atoms with Crippen LogP contribution < -0.4 is 10.1 Å². The minimum Gasteiger partial charge on any atom is -0.473 e. The van der Waals surface area contributed by atoms with Crippen LogP contribution in [0.2, 0.25) is 0 Å². The van der Waals surface area contributed by atoms with Crippen LogP contribution in [0.1, 0.15) is 44.3 Å². The zero-order valence-corrected chi connectivity index (χ0v) is 11.2. The lowest BCUT2D eigenvalue weighted by Crippen LogP contribution is -2.09. The number of unbranched alkanes of at least 4 members (excludes halogenated alkanes) is 1. The first-order chi connectivity index (χ1) is 9.17. The van der Waals surface area contributed by atoms with Gasteiger partial charge in [0.25, 0.3) is 5.88 Å². The van der Waals surface area contributed by atoms with Crippen LogP contribution in [-0.4, -0.2) is 28.5 Å². The predicted molar refractivity (Wildman–Crippen MR) is 70.6 cm³/mol. The number of nitrogens with zero attached hydrogens (tertiary/aromatic N) is 3. The van der Waals surface area contributed by atoms with Crippen molar-refractivity contribution in [3.05, 3.63) is 15.9 Å². The fraction of sp³-hybridized carbons (Fsp3) is 0.667. The van der Waals surface area contributed by atoms with Crippen molar-refractivity contribution in [2.24, 2.45) is 0 Å². The highest BCUT2D eigenvalue weighted by Gasteiger charge is 2.32. The number of nitrogens with one attached hydrogen (secondary N) is 1. The monoisotopic (exact) mass is 266 g/mol. The molecule has 0 saturated heterocycles. The van der Waals surface area contributed by atoms with Gasteiger partial charge in [0.1, 0.15) is 5.82 Å². The van der Waals surface area contributed by atoms with E-state index in [-0.39, 0.29) is 17.4 Å². The SMILES string of the molecule is CCCCOc1nc(C2CC2)nc(NC)c1[N+](=O)[O-]. The fourth-order valence-electron chi connectivity index (χ4n) is 1.73. The highest BCUT2D eigenvalue weighted by Crippen LogP contribution is 2.41. The molecule has 0 radical (unpaired) electrons. The topological polar surface area (TPSA) is 90.2 Å². The summed E-state index contributed by atoms with van der Waals surface area (Å²) in [6, 6.07) is 0. The maximum absolute atomic E-state index is 11.1. The van der Waals surface area contributed by atoms with E-state index in [1.807, 2.05) is 6.92 Å². The lowest BCUT2D eigenvalue weighted by atomic mass is 10.3. The number of ether oxygens (including phenoxy) is 1. The fourth-order valence-corrected chi connectivity index (χ4v) is 1.73. The van der Waals surface area contributed by atoms with E-state index in [4.69, 9.17) is 4.74 Å². The molecule has 7 heteroatoms. The molecule has 1 aliphatic carbocycles. The Kier molecular flexibility index (Phi) is 4.13. The van der Waals surface area contributed by atoms with Crippen molar-refractivity contribution < 1.29 is 9.66 Å². The Hall–Kier alpha value is -1.92. The third kappa shape index (κ3) is 3.10. The summed E-state index contributed by atoms with van der Waals surface area (Å²) in [6.45, 7) is 2.47. The van der Waals surface area contributed by atoms with Gasteiger partial charge in [-0.05, 0) is 19.3 Å². The molecule has 0 bridgehead atoms.